The first kappa shape index (κ1) is 14.9. The summed E-state index contributed by atoms with van der Waals surface area (Å²) >= 11 is 0. The molecule has 3 fully saturated rings. The van der Waals surface area contributed by atoms with Gasteiger partial charge in [0.15, 0.2) is 0 Å². The van der Waals surface area contributed by atoms with E-state index in [2.05, 4.69) is 0 Å². The number of benzene rings is 1. The van der Waals surface area contributed by atoms with E-state index in [0.717, 1.165) is 31.7 Å². The fraction of sp³-hybridized carbons (Fsp3) is 0.611. The molecule has 0 radical (unpaired) electrons. The van der Waals surface area contributed by atoms with Gasteiger partial charge in [-0.2, -0.15) is 0 Å². The van der Waals surface area contributed by atoms with Crippen molar-refractivity contribution in [2.75, 3.05) is 0 Å². The molecule has 1 aromatic rings. The maximum atomic E-state index is 13.9. The Balaban J connectivity index is 1.54. The summed E-state index contributed by atoms with van der Waals surface area (Å²) in [7, 11) is 0. The predicted molar refractivity (Wildman–Crippen MR) is 79.8 cm³/mol. The van der Waals surface area contributed by atoms with E-state index >= 15 is 0 Å². The van der Waals surface area contributed by atoms with Crippen LogP contribution in [0.3, 0.4) is 0 Å². The third-order valence-electron chi connectivity index (χ3n) is 5.79. The highest BCUT2D eigenvalue weighted by atomic mass is 19.1. The fourth-order valence-electron chi connectivity index (χ4n) is 4.34. The molecule has 4 atom stereocenters. The molecular formula is C18H20F2O3. The van der Waals surface area contributed by atoms with Gasteiger partial charge in [-0.1, -0.05) is 0 Å². The van der Waals surface area contributed by atoms with Crippen molar-refractivity contribution in [2.24, 2.45) is 17.3 Å². The second-order valence-electron chi connectivity index (χ2n) is 7.33. The minimum atomic E-state index is -1.28. The van der Waals surface area contributed by atoms with Crippen LogP contribution in [0.4, 0.5) is 8.78 Å². The minimum absolute atomic E-state index is 0.00933. The van der Waals surface area contributed by atoms with Gasteiger partial charge in [-0.05, 0) is 62.5 Å². The van der Waals surface area contributed by atoms with E-state index in [0.29, 0.717) is 30.4 Å². The molecule has 4 unspecified atom stereocenters. The first-order chi connectivity index (χ1) is 11.0. The second kappa shape index (κ2) is 5.18. The predicted octanol–water partition coefficient (Wildman–Crippen LogP) is 4.21. The van der Waals surface area contributed by atoms with Gasteiger partial charge >= 0.3 is 5.97 Å². The van der Waals surface area contributed by atoms with Gasteiger partial charge in [-0.15, -0.1) is 0 Å². The van der Waals surface area contributed by atoms with Crippen LogP contribution in [-0.2, 0) is 0 Å². The number of carboxylic acid groups (broad SMARTS) is 1. The SMILES string of the molecule is O=C(O)c1ccc(OC(C2CC2)C23CCC(F)CC2C3)cc1F. The van der Waals surface area contributed by atoms with Crippen molar-refractivity contribution in [1.29, 1.82) is 0 Å². The maximum absolute atomic E-state index is 13.9. The molecule has 1 aromatic carbocycles. The minimum Gasteiger partial charge on any atom is -0.489 e. The summed E-state index contributed by atoms with van der Waals surface area (Å²) in [6, 6.07) is 3.93. The molecule has 0 spiro atoms. The molecular weight excluding hydrogens is 302 g/mol. The highest BCUT2D eigenvalue weighted by Crippen LogP contribution is 2.67. The molecule has 124 valence electrons. The van der Waals surface area contributed by atoms with E-state index in [9.17, 15) is 13.6 Å². The lowest BCUT2D eigenvalue weighted by Crippen LogP contribution is -2.35. The van der Waals surface area contributed by atoms with Crippen molar-refractivity contribution in [3.05, 3.63) is 29.6 Å². The first-order valence-electron chi connectivity index (χ1n) is 8.33. The zero-order chi connectivity index (χ0) is 16.2. The summed E-state index contributed by atoms with van der Waals surface area (Å²) in [5.41, 5.74) is -0.285. The maximum Gasteiger partial charge on any atom is 0.338 e. The van der Waals surface area contributed by atoms with Crippen LogP contribution in [0.5, 0.6) is 5.75 Å². The van der Waals surface area contributed by atoms with Crippen molar-refractivity contribution in [3.63, 3.8) is 0 Å². The highest BCUT2D eigenvalue weighted by molar-refractivity contribution is 5.88. The Kier molecular flexibility index (Phi) is 3.36. The molecule has 3 aliphatic carbocycles. The molecule has 3 saturated carbocycles. The van der Waals surface area contributed by atoms with E-state index in [1.807, 2.05) is 0 Å². The fourth-order valence-corrected chi connectivity index (χ4v) is 4.34. The molecule has 0 saturated heterocycles. The number of fused-ring (bicyclic) bond motifs is 1. The monoisotopic (exact) mass is 322 g/mol. The van der Waals surface area contributed by atoms with E-state index in [4.69, 9.17) is 9.84 Å². The number of carboxylic acids is 1. The summed E-state index contributed by atoms with van der Waals surface area (Å²) in [6.45, 7) is 0. The van der Waals surface area contributed by atoms with Gasteiger partial charge in [0.2, 0.25) is 0 Å². The Labute approximate surface area is 133 Å². The Bertz CT molecular complexity index is 643. The third-order valence-corrected chi connectivity index (χ3v) is 5.79. The molecule has 3 aliphatic rings. The number of carbonyl (C=O) groups is 1. The van der Waals surface area contributed by atoms with Crippen molar-refractivity contribution >= 4 is 5.97 Å². The summed E-state index contributed by atoms with van der Waals surface area (Å²) in [5.74, 6) is -0.818. The van der Waals surface area contributed by atoms with Crippen LogP contribution >= 0.6 is 0 Å². The van der Waals surface area contributed by atoms with Crippen LogP contribution in [0.1, 0.15) is 48.9 Å². The van der Waals surface area contributed by atoms with Gasteiger partial charge in [-0.25, -0.2) is 13.6 Å². The second-order valence-corrected chi connectivity index (χ2v) is 7.33. The van der Waals surface area contributed by atoms with Crippen LogP contribution in [0.2, 0.25) is 0 Å². The van der Waals surface area contributed by atoms with Crippen LogP contribution in [0.15, 0.2) is 18.2 Å². The molecule has 0 aliphatic heterocycles. The van der Waals surface area contributed by atoms with E-state index < -0.39 is 18.0 Å². The Morgan fingerprint density at radius 3 is 2.74 bits per heavy atom. The van der Waals surface area contributed by atoms with E-state index in [1.165, 1.54) is 12.1 Å². The molecule has 0 heterocycles. The van der Waals surface area contributed by atoms with Gasteiger partial charge in [0.05, 0.1) is 5.56 Å². The topological polar surface area (TPSA) is 46.5 Å². The molecule has 5 heteroatoms. The van der Waals surface area contributed by atoms with E-state index in [1.54, 1.807) is 0 Å². The lowest BCUT2D eigenvalue weighted by Gasteiger charge is -2.33. The number of hydrogen-bond acceptors (Lipinski definition) is 2. The Morgan fingerprint density at radius 2 is 2.13 bits per heavy atom. The molecule has 4 rings (SSSR count). The third kappa shape index (κ3) is 2.60. The lowest BCUT2D eigenvalue weighted by molar-refractivity contribution is 0.0536. The van der Waals surface area contributed by atoms with Crippen LogP contribution in [-0.4, -0.2) is 23.4 Å². The van der Waals surface area contributed by atoms with Crippen LogP contribution in [0, 0.1) is 23.1 Å². The average Bonchev–Trinajstić information content (AvgIpc) is 3.39. The molecule has 23 heavy (non-hydrogen) atoms. The average molecular weight is 322 g/mol. The number of aromatic carboxylic acids is 1. The van der Waals surface area contributed by atoms with Gasteiger partial charge in [0, 0.05) is 11.5 Å². The summed E-state index contributed by atoms with van der Waals surface area (Å²) < 4.78 is 33.5. The van der Waals surface area contributed by atoms with Crippen LogP contribution < -0.4 is 4.74 Å². The van der Waals surface area contributed by atoms with Crippen molar-refractivity contribution < 1.29 is 23.4 Å². The summed E-state index contributed by atoms with van der Waals surface area (Å²) in [5, 5.41) is 8.90. The molecule has 0 aromatic heterocycles. The van der Waals surface area contributed by atoms with Gasteiger partial charge in [0.1, 0.15) is 23.8 Å². The van der Waals surface area contributed by atoms with Gasteiger partial charge < -0.3 is 9.84 Å². The summed E-state index contributed by atoms with van der Waals surface area (Å²) in [4.78, 5) is 10.9. The van der Waals surface area contributed by atoms with Crippen LogP contribution in [0.25, 0.3) is 0 Å². The van der Waals surface area contributed by atoms with Gasteiger partial charge in [0.25, 0.3) is 0 Å². The first-order valence-corrected chi connectivity index (χ1v) is 8.33. The Morgan fingerprint density at radius 1 is 1.35 bits per heavy atom. The number of halogens is 2. The Hall–Kier alpha value is -1.65. The standard InChI is InChI=1S/C18H20F2O3/c19-12-5-6-18(9-11(18)7-12)16(10-1-2-10)23-13-3-4-14(17(21)22)15(20)8-13/h3-4,8,10-12,16H,1-2,5-7,9H2,(H,21,22). The van der Waals surface area contributed by atoms with Crippen molar-refractivity contribution in [2.45, 2.75) is 50.8 Å². The highest BCUT2D eigenvalue weighted by Gasteiger charge is 2.64. The van der Waals surface area contributed by atoms with Crippen molar-refractivity contribution in [1.82, 2.24) is 0 Å². The largest absolute Gasteiger partial charge is 0.489 e. The zero-order valence-corrected chi connectivity index (χ0v) is 12.8. The zero-order valence-electron chi connectivity index (χ0n) is 12.8. The quantitative estimate of drug-likeness (QED) is 0.883. The molecule has 1 N–H and O–H groups in total. The molecule has 0 amide bonds. The number of ether oxygens (including phenoxy) is 1. The number of alkyl halides is 1. The van der Waals surface area contributed by atoms with Crippen molar-refractivity contribution in [3.8, 4) is 5.75 Å². The van der Waals surface area contributed by atoms with Gasteiger partial charge in [-0.3, -0.25) is 0 Å². The number of hydrogen-bond donors (Lipinski definition) is 1. The summed E-state index contributed by atoms with van der Waals surface area (Å²) in [6.07, 6.45) is 4.59. The molecule has 0 bridgehead atoms. The number of rotatable bonds is 5. The smallest absolute Gasteiger partial charge is 0.338 e. The lowest BCUT2D eigenvalue weighted by atomic mass is 9.81. The normalized spacial score (nSPS) is 33.7. The van der Waals surface area contributed by atoms with E-state index in [-0.39, 0.29) is 17.1 Å². The molecule has 3 nitrogen and oxygen atoms in total.